The summed E-state index contributed by atoms with van der Waals surface area (Å²) in [6, 6.07) is 0. The van der Waals surface area contributed by atoms with Gasteiger partial charge in [0.25, 0.3) is 0 Å². The molecule has 1 saturated carbocycles. The maximum absolute atomic E-state index is 11.4. The van der Waals surface area contributed by atoms with Gasteiger partial charge >= 0.3 is 0 Å². The number of nitrogens with one attached hydrogen (secondary N) is 2. The second-order valence-corrected chi connectivity index (χ2v) is 4.63. The Labute approximate surface area is 127 Å². The highest BCUT2D eigenvalue weighted by atomic mass is 127. The van der Waals surface area contributed by atoms with Gasteiger partial charge in [0.2, 0.25) is 5.91 Å². The molecule has 106 valence electrons. The zero-order valence-corrected chi connectivity index (χ0v) is 13.9. The van der Waals surface area contributed by atoms with Crippen molar-refractivity contribution in [2.45, 2.75) is 26.2 Å². The zero-order valence-electron chi connectivity index (χ0n) is 11.5. The number of rotatable bonds is 6. The molecule has 0 heterocycles. The van der Waals surface area contributed by atoms with Crippen LogP contribution in [-0.2, 0) is 4.79 Å². The fourth-order valence-corrected chi connectivity index (χ4v) is 1.37. The maximum Gasteiger partial charge on any atom is 0.223 e. The average molecular weight is 368 g/mol. The number of hydrogen-bond acceptors (Lipinski definition) is 2. The Bertz CT molecular complexity index is 277. The van der Waals surface area contributed by atoms with Gasteiger partial charge in [-0.05, 0) is 25.7 Å². The second kappa shape index (κ2) is 9.41. The van der Waals surface area contributed by atoms with Crippen molar-refractivity contribution in [3.8, 4) is 0 Å². The van der Waals surface area contributed by atoms with Gasteiger partial charge in [-0.3, -0.25) is 9.79 Å². The molecule has 0 unspecified atom stereocenters. The van der Waals surface area contributed by atoms with Crippen LogP contribution in [0.2, 0.25) is 0 Å². The molecule has 1 rings (SSSR count). The highest BCUT2D eigenvalue weighted by molar-refractivity contribution is 14.0. The minimum atomic E-state index is 0. The predicted octanol–water partition coefficient (Wildman–Crippen LogP) is 1.05. The lowest BCUT2D eigenvalue weighted by molar-refractivity contribution is -0.128. The van der Waals surface area contributed by atoms with Gasteiger partial charge in [0.1, 0.15) is 0 Å². The summed E-state index contributed by atoms with van der Waals surface area (Å²) < 4.78 is 0. The van der Waals surface area contributed by atoms with Crippen molar-refractivity contribution < 1.29 is 4.79 Å². The van der Waals surface area contributed by atoms with Crippen LogP contribution in [0.4, 0.5) is 0 Å². The molecule has 0 bridgehead atoms. The van der Waals surface area contributed by atoms with Gasteiger partial charge in [0, 0.05) is 40.2 Å². The summed E-state index contributed by atoms with van der Waals surface area (Å²) in [7, 11) is 3.55. The third-order valence-electron chi connectivity index (χ3n) is 2.68. The van der Waals surface area contributed by atoms with E-state index in [-0.39, 0.29) is 29.9 Å². The van der Waals surface area contributed by atoms with Crippen LogP contribution < -0.4 is 10.6 Å². The molecule has 0 atom stereocenters. The van der Waals surface area contributed by atoms with Gasteiger partial charge in [-0.25, -0.2) is 0 Å². The number of carbonyl (C=O) groups excluding carboxylic acids is 1. The molecule has 0 aliphatic heterocycles. The predicted molar refractivity (Wildman–Crippen MR) is 85.4 cm³/mol. The SMILES string of the molecule is CCNC(=NCC1CC1)NCCC(=O)N(C)C.I. The zero-order chi connectivity index (χ0) is 12.7. The first-order valence-electron chi connectivity index (χ1n) is 6.35. The molecular weight excluding hydrogens is 343 g/mol. The molecule has 1 fully saturated rings. The van der Waals surface area contributed by atoms with E-state index in [0.717, 1.165) is 25.0 Å². The molecule has 0 spiro atoms. The Hall–Kier alpha value is -0.530. The number of carbonyl (C=O) groups is 1. The summed E-state index contributed by atoms with van der Waals surface area (Å²) in [5, 5.41) is 6.36. The Balaban J connectivity index is 0.00000289. The molecule has 0 aromatic carbocycles. The van der Waals surface area contributed by atoms with Crippen molar-refractivity contribution >= 4 is 35.8 Å². The molecule has 0 radical (unpaired) electrons. The molecule has 1 aliphatic carbocycles. The van der Waals surface area contributed by atoms with Crippen LogP contribution in [0.25, 0.3) is 0 Å². The van der Waals surface area contributed by atoms with E-state index in [0.29, 0.717) is 13.0 Å². The standard InChI is InChI=1S/C12H24N4O.HI/c1-4-13-12(15-9-10-5-6-10)14-8-7-11(17)16(2)3;/h10H,4-9H2,1-3H3,(H2,13,14,15);1H. The largest absolute Gasteiger partial charge is 0.357 e. The fraction of sp³-hybridized carbons (Fsp3) is 0.833. The molecule has 6 heteroatoms. The molecule has 0 aromatic heterocycles. The van der Waals surface area contributed by atoms with E-state index in [1.54, 1.807) is 19.0 Å². The Kier molecular flexibility index (Phi) is 9.13. The monoisotopic (exact) mass is 368 g/mol. The van der Waals surface area contributed by atoms with Gasteiger partial charge in [0.05, 0.1) is 0 Å². The van der Waals surface area contributed by atoms with E-state index in [1.807, 2.05) is 6.92 Å². The van der Waals surface area contributed by atoms with E-state index in [1.165, 1.54) is 12.8 Å². The molecule has 5 nitrogen and oxygen atoms in total. The Morgan fingerprint density at radius 3 is 2.50 bits per heavy atom. The molecule has 1 aliphatic rings. The van der Waals surface area contributed by atoms with Crippen molar-refractivity contribution in [1.29, 1.82) is 0 Å². The van der Waals surface area contributed by atoms with E-state index in [9.17, 15) is 4.79 Å². The average Bonchev–Trinajstić information content (AvgIpc) is 3.09. The molecule has 1 amide bonds. The number of hydrogen-bond donors (Lipinski definition) is 2. The van der Waals surface area contributed by atoms with Crippen LogP contribution in [0.3, 0.4) is 0 Å². The quantitative estimate of drug-likeness (QED) is 0.419. The van der Waals surface area contributed by atoms with Crippen molar-refractivity contribution in [2.24, 2.45) is 10.9 Å². The van der Waals surface area contributed by atoms with Crippen LogP contribution in [0.15, 0.2) is 4.99 Å². The Morgan fingerprint density at radius 2 is 2.00 bits per heavy atom. The Morgan fingerprint density at radius 1 is 1.33 bits per heavy atom. The summed E-state index contributed by atoms with van der Waals surface area (Å²) in [5.41, 5.74) is 0. The van der Waals surface area contributed by atoms with E-state index >= 15 is 0 Å². The lowest BCUT2D eigenvalue weighted by Gasteiger charge is -2.13. The molecular formula is C12H25IN4O. The third-order valence-corrected chi connectivity index (χ3v) is 2.68. The number of guanidine groups is 1. The van der Waals surface area contributed by atoms with E-state index in [2.05, 4.69) is 15.6 Å². The maximum atomic E-state index is 11.4. The van der Waals surface area contributed by atoms with Gasteiger partial charge in [0.15, 0.2) is 5.96 Å². The highest BCUT2D eigenvalue weighted by Gasteiger charge is 2.20. The summed E-state index contributed by atoms with van der Waals surface area (Å²) in [6.07, 6.45) is 3.12. The minimum absolute atomic E-state index is 0. The van der Waals surface area contributed by atoms with Gasteiger partial charge in [-0.1, -0.05) is 0 Å². The first-order chi connectivity index (χ1) is 8.13. The molecule has 18 heavy (non-hydrogen) atoms. The number of aliphatic imine (C=N–C) groups is 1. The van der Waals surface area contributed by atoms with Gasteiger partial charge < -0.3 is 15.5 Å². The normalized spacial score (nSPS) is 14.7. The summed E-state index contributed by atoms with van der Waals surface area (Å²) in [6.45, 7) is 4.42. The van der Waals surface area contributed by atoms with Crippen LogP contribution in [0, 0.1) is 5.92 Å². The number of nitrogens with zero attached hydrogens (tertiary/aromatic N) is 2. The smallest absolute Gasteiger partial charge is 0.223 e. The summed E-state index contributed by atoms with van der Waals surface area (Å²) in [4.78, 5) is 17.5. The summed E-state index contributed by atoms with van der Waals surface area (Å²) >= 11 is 0. The van der Waals surface area contributed by atoms with Crippen molar-refractivity contribution in [2.75, 3.05) is 33.7 Å². The number of halogens is 1. The lowest BCUT2D eigenvalue weighted by Crippen LogP contribution is -2.39. The van der Waals surface area contributed by atoms with Gasteiger partial charge in [-0.2, -0.15) is 0 Å². The van der Waals surface area contributed by atoms with Crippen molar-refractivity contribution in [3.05, 3.63) is 0 Å². The van der Waals surface area contributed by atoms with Gasteiger partial charge in [-0.15, -0.1) is 24.0 Å². The first-order valence-corrected chi connectivity index (χ1v) is 6.35. The van der Waals surface area contributed by atoms with Crippen molar-refractivity contribution in [3.63, 3.8) is 0 Å². The second-order valence-electron chi connectivity index (χ2n) is 4.63. The molecule has 0 aromatic rings. The van der Waals surface area contributed by atoms with Crippen LogP contribution in [-0.4, -0.2) is 50.5 Å². The third kappa shape index (κ3) is 7.73. The van der Waals surface area contributed by atoms with E-state index in [4.69, 9.17) is 0 Å². The fourth-order valence-electron chi connectivity index (χ4n) is 1.37. The molecule has 2 N–H and O–H groups in total. The molecule has 0 saturated heterocycles. The topological polar surface area (TPSA) is 56.7 Å². The van der Waals surface area contributed by atoms with Crippen LogP contribution in [0.5, 0.6) is 0 Å². The lowest BCUT2D eigenvalue weighted by atomic mass is 10.4. The van der Waals surface area contributed by atoms with Crippen LogP contribution >= 0.6 is 24.0 Å². The minimum Gasteiger partial charge on any atom is -0.357 e. The van der Waals surface area contributed by atoms with E-state index < -0.39 is 0 Å². The number of amides is 1. The first kappa shape index (κ1) is 17.5. The summed E-state index contributed by atoms with van der Waals surface area (Å²) in [5.74, 6) is 1.75. The van der Waals surface area contributed by atoms with Crippen LogP contribution in [0.1, 0.15) is 26.2 Å². The van der Waals surface area contributed by atoms with Crippen molar-refractivity contribution in [1.82, 2.24) is 15.5 Å². The highest BCUT2D eigenvalue weighted by Crippen LogP contribution is 2.28.